The Kier molecular flexibility index (Phi) is 6.66. The lowest BCUT2D eigenvalue weighted by Crippen LogP contribution is -2.01. The fraction of sp³-hybridized carbons (Fsp3) is 0.222. The molecule has 8 heteroatoms. The number of ether oxygens (including phenoxy) is 2. The standard InChI is InChI=1S/C18H17Cl2N3O2S/c1-12-10-13(6-7-14(12)19)25-11-17-21-18(23-22-17)26-9-8-24-16-5-3-2-4-15(16)20/h2-7,10H,8-9,11H2,1H3,(H,21,22,23). The number of rotatable bonds is 8. The van der Waals surface area contributed by atoms with E-state index in [1.165, 1.54) is 11.8 Å². The first-order chi connectivity index (χ1) is 12.6. The van der Waals surface area contributed by atoms with E-state index in [9.17, 15) is 0 Å². The Labute approximate surface area is 166 Å². The third kappa shape index (κ3) is 5.30. The zero-order chi connectivity index (χ0) is 18.4. The Morgan fingerprint density at radius 3 is 2.73 bits per heavy atom. The van der Waals surface area contributed by atoms with Gasteiger partial charge in [-0.05, 0) is 42.8 Å². The number of para-hydroxylation sites is 1. The summed E-state index contributed by atoms with van der Waals surface area (Å²) >= 11 is 13.5. The maximum absolute atomic E-state index is 6.04. The fourth-order valence-electron chi connectivity index (χ4n) is 2.11. The second kappa shape index (κ2) is 9.16. The van der Waals surface area contributed by atoms with Crippen LogP contribution in [-0.2, 0) is 6.61 Å². The smallest absolute Gasteiger partial charge is 0.208 e. The van der Waals surface area contributed by atoms with Gasteiger partial charge in [0, 0.05) is 10.8 Å². The normalized spacial score (nSPS) is 10.7. The van der Waals surface area contributed by atoms with Crippen LogP contribution < -0.4 is 9.47 Å². The molecule has 1 aromatic heterocycles. The van der Waals surface area contributed by atoms with E-state index in [0.717, 1.165) is 16.3 Å². The molecule has 0 saturated heterocycles. The number of aromatic amines is 1. The SMILES string of the molecule is Cc1cc(OCc2nc(SCCOc3ccccc3Cl)n[nH]2)ccc1Cl. The molecule has 0 amide bonds. The Morgan fingerprint density at radius 1 is 1.08 bits per heavy atom. The molecular weight excluding hydrogens is 393 g/mol. The summed E-state index contributed by atoms with van der Waals surface area (Å²) in [5, 5.41) is 9.01. The van der Waals surface area contributed by atoms with Crippen molar-refractivity contribution in [1.29, 1.82) is 0 Å². The van der Waals surface area contributed by atoms with Crippen LogP contribution in [0.2, 0.25) is 10.0 Å². The van der Waals surface area contributed by atoms with Gasteiger partial charge in [0.15, 0.2) is 5.82 Å². The van der Waals surface area contributed by atoms with Gasteiger partial charge in [-0.15, -0.1) is 5.10 Å². The summed E-state index contributed by atoms with van der Waals surface area (Å²) in [7, 11) is 0. The molecule has 0 saturated carbocycles. The van der Waals surface area contributed by atoms with Crippen molar-refractivity contribution >= 4 is 35.0 Å². The first-order valence-electron chi connectivity index (χ1n) is 7.92. The minimum absolute atomic E-state index is 0.310. The predicted octanol–water partition coefficient (Wildman–Crippen LogP) is 5.17. The van der Waals surface area contributed by atoms with Crippen LogP contribution in [0.4, 0.5) is 0 Å². The molecule has 0 aliphatic heterocycles. The third-order valence-electron chi connectivity index (χ3n) is 3.42. The molecule has 2 aromatic carbocycles. The van der Waals surface area contributed by atoms with Crippen molar-refractivity contribution in [2.75, 3.05) is 12.4 Å². The molecule has 136 valence electrons. The van der Waals surface area contributed by atoms with Crippen molar-refractivity contribution in [1.82, 2.24) is 15.2 Å². The second-order valence-electron chi connectivity index (χ2n) is 5.39. The molecule has 0 aliphatic carbocycles. The van der Waals surface area contributed by atoms with Crippen LogP contribution >= 0.6 is 35.0 Å². The van der Waals surface area contributed by atoms with Gasteiger partial charge in [0.2, 0.25) is 5.16 Å². The van der Waals surface area contributed by atoms with Crippen LogP contribution in [-0.4, -0.2) is 27.5 Å². The van der Waals surface area contributed by atoms with Gasteiger partial charge in [0.05, 0.1) is 11.6 Å². The van der Waals surface area contributed by atoms with E-state index in [-0.39, 0.29) is 0 Å². The van der Waals surface area contributed by atoms with Crippen LogP contribution in [0.5, 0.6) is 11.5 Å². The molecule has 1 heterocycles. The molecule has 0 unspecified atom stereocenters. The van der Waals surface area contributed by atoms with Crippen molar-refractivity contribution in [3.63, 3.8) is 0 Å². The van der Waals surface area contributed by atoms with Gasteiger partial charge in [0.1, 0.15) is 18.1 Å². The maximum Gasteiger partial charge on any atom is 0.208 e. The molecule has 0 bridgehead atoms. The zero-order valence-corrected chi connectivity index (χ0v) is 16.4. The number of nitrogens with one attached hydrogen (secondary N) is 1. The molecule has 1 N–H and O–H groups in total. The van der Waals surface area contributed by atoms with Gasteiger partial charge in [0.25, 0.3) is 0 Å². The molecule has 0 atom stereocenters. The summed E-state index contributed by atoms with van der Waals surface area (Å²) in [6.45, 7) is 2.76. The van der Waals surface area contributed by atoms with E-state index < -0.39 is 0 Å². The lowest BCUT2D eigenvalue weighted by Gasteiger charge is -2.06. The highest BCUT2D eigenvalue weighted by molar-refractivity contribution is 7.99. The average Bonchev–Trinajstić information content (AvgIpc) is 3.09. The monoisotopic (exact) mass is 409 g/mol. The summed E-state index contributed by atoms with van der Waals surface area (Å²) < 4.78 is 11.3. The van der Waals surface area contributed by atoms with Gasteiger partial charge in [-0.2, -0.15) is 0 Å². The predicted molar refractivity (Wildman–Crippen MR) is 105 cm³/mol. The number of halogens is 2. The fourth-order valence-corrected chi connectivity index (χ4v) is 3.05. The van der Waals surface area contributed by atoms with Crippen molar-refractivity contribution < 1.29 is 9.47 Å². The highest BCUT2D eigenvalue weighted by Gasteiger charge is 2.06. The van der Waals surface area contributed by atoms with Gasteiger partial charge in [-0.25, -0.2) is 4.98 Å². The number of hydrogen-bond donors (Lipinski definition) is 1. The van der Waals surface area contributed by atoms with Crippen molar-refractivity contribution in [2.24, 2.45) is 0 Å². The number of nitrogens with zero attached hydrogens (tertiary/aromatic N) is 2. The Morgan fingerprint density at radius 2 is 1.92 bits per heavy atom. The molecule has 0 radical (unpaired) electrons. The Balaban J connectivity index is 1.43. The molecule has 0 aliphatic rings. The first-order valence-corrected chi connectivity index (χ1v) is 9.66. The van der Waals surface area contributed by atoms with Crippen molar-refractivity contribution in [3.8, 4) is 11.5 Å². The topological polar surface area (TPSA) is 60.0 Å². The Bertz CT molecular complexity index is 873. The summed E-state index contributed by atoms with van der Waals surface area (Å²) in [5.41, 5.74) is 0.969. The molecule has 3 rings (SSSR count). The number of benzene rings is 2. The Hall–Kier alpha value is -1.89. The summed E-state index contributed by atoms with van der Waals surface area (Å²) in [5.74, 6) is 2.79. The van der Waals surface area contributed by atoms with Crippen LogP contribution in [0.3, 0.4) is 0 Å². The number of thioether (sulfide) groups is 1. The van der Waals surface area contributed by atoms with Crippen LogP contribution in [0.15, 0.2) is 47.6 Å². The number of hydrogen-bond acceptors (Lipinski definition) is 5. The van der Waals surface area contributed by atoms with Crippen molar-refractivity contribution in [3.05, 3.63) is 63.9 Å². The van der Waals surface area contributed by atoms with Gasteiger partial charge in [-0.3, -0.25) is 5.10 Å². The minimum Gasteiger partial charge on any atom is -0.491 e. The van der Waals surface area contributed by atoms with E-state index in [2.05, 4.69) is 15.2 Å². The molecular formula is C18H17Cl2N3O2S. The van der Waals surface area contributed by atoms with Crippen LogP contribution in [0, 0.1) is 6.92 Å². The summed E-state index contributed by atoms with van der Waals surface area (Å²) in [6, 6.07) is 12.9. The zero-order valence-electron chi connectivity index (χ0n) is 14.0. The minimum atomic E-state index is 0.310. The largest absolute Gasteiger partial charge is 0.491 e. The highest BCUT2D eigenvalue weighted by atomic mass is 35.5. The molecule has 5 nitrogen and oxygen atoms in total. The van der Waals surface area contributed by atoms with Gasteiger partial charge >= 0.3 is 0 Å². The van der Waals surface area contributed by atoms with Crippen molar-refractivity contribution in [2.45, 2.75) is 18.7 Å². The van der Waals surface area contributed by atoms with E-state index in [1.54, 1.807) is 6.07 Å². The highest BCUT2D eigenvalue weighted by Crippen LogP contribution is 2.24. The van der Waals surface area contributed by atoms with Gasteiger partial charge < -0.3 is 9.47 Å². The van der Waals surface area contributed by atoms with Crippen LogP contribution in [0.25, 0.3) is 0 Å². The third-order valence-corrected chi connectivity index (χ3v) is 4.97. The molecule has 0 spiro atoms. The summed E-state index contributed by atoms with van der Waals surface area (Å²) in [6.07, 6.45) is 0. The maximum atomic E-state index is 6.04. The molecule has 26 heavy (non-hydrogen) atoms. The summed E-state index contributed by atoms with van der Waals surface area (Å²) in [4.78, 5) is 4.39. The quantitative estimate of drug-likeness (QED) is 0.410. The van der Waals surface area contributed by atoms with E-state index >= 15 is 0 Å². The number of aromatic nitrogens is 3. The lowest BCUT2D eigenvalue weighted by molar-refractivity contribution is 0.296. The van der Waals surface area contributed by atoms with E-state index in [1.807, 2.05) is 43.3 Å². The molecule has 0 fully saturated rings. The number of H-pyrrole nitrogens is 1. The lowest BCUT2D eigenvalue weighted by atomic mass is 10.2. The number of aryl methyl sites for hydroxylation is 1. The average molecular weight is 410 g/mol. The second-order valence-corrected chi connectivity index (χ2v) is 7.27. The van der Waals surface area contributed by atoms with Gasteiger partial charge in [-0.1, -0.05) is 47.1 Å². The van der Waals surface area contributed by atoms with E-state index in [0.29, 0.717) is 40.7 Å². The first kappa shape index (κ1) is 18.9. The molecule has 3 aromatic rings. The van der Waals surface area contributed by atoms with Crippen LogP contribution in [0.1, 0.15) is 11.4 Å². The van der Waals surface area contributed by atoms with E-state index in [4.69, 9.17) is 32.7 Å².